The highest BCUT2D eigenvalue weighted by atomic mass is 79.9. The summed E-state index contributed by atoms with van der Waals surface area (Å²) in [7, 11) is 0. The molecule has 1 heterocycles. The average molecular weight is 245 g/mol. The number of ether oxygens (including phenoxy) is 1. The van der Waals surface area contributed by atoms with Crippen LogP contribution in [-0.2, 0) is 9.06 Å². The Balaban J connectivity index is 2.36. The number of hydrogen-bond acceptors (Lipinski definition) is 1. The van der Waals surface area contributed by atoms with E-state index in [-0.39, 0.29) is 10.1 Å². The Morgan fingerprint density at radius 1 is 1.46 bits per heavy atom. The quantitative estimate of drug-likeness (QED) is 0.691. The SMILES string of the molecule is Cc1cc(C2(Br)COC2)ccc1F. The number of aryl methyl sites for hydroxylation is 1. The zero-order valence-electron chi connectivity index (χ0n) is 7.31. The van der Waals surface area contributed by atoms with Crippen molar-refractivity contribution in [2.45, 2.75) is 11.2 Å². The highest BCUT2D eigenvalue weighted by Crippen LogP contribution is 2.38. The third-order valence-electron chi connectivity index (χ3n) is 2.34. The smallest absolute Gasteiger partial charge is 0.126 e. The van der Waals surface area contributed by atoms with Crippen molar-refractivity contribution in [3.8, 4) is 0 Å². The minimum absolute atomic E-state index is 0.0779. The van der Waals surface area contributed by atoms with Crippen LogP contribution < -0.4 is 0 Å². The normalized spacial score (nSPS) is 19.6. The monoisotopic (exact) mass is 244 g/mol. The molecule has 0 spiro atoms. The molecule has 0 saturated carbocycles. The lowest BCUT2D eigenvalue weighted by molar-refractivity contribution is -0.00703. The molecule has 0 radical (unpaired) electrons. The van der Waals surface area contributed by atoms with E-state index in [2.05, 4.69) is 15.9 Å². The van der Waals surface area contributed by atoms with Gasteiger partial charge in [0.2, 0.25) is 0 Å². The molecule has 0 aliphatic carbocycles. The summed E-state index contributed by atoms with van der Waals surface area (Å²) in [5.74, 6) is -0.153. The van der Waals surface area contributed by atoms with E-state index in [4.69, 9.17) is 4.74 Å². The number of benzene rings is 1. The molecule has 1 aromatic rings. The molecular formula is C10H10BrFO. The van der Waals surface area contributed by atoms with Crippen LogP contribution >= 0.6 is 15.9 Å². The van der Waals surface area contributed by atoms with Gasteiger partial charge < -0.3 is 4.74 Å². The Hall–Kier alpha value is -0.410. The average Bonchev–Trinajstić information content (AvgIpc) is 2.06. The van der Waals surface area contributed by atoms with Crippen LogP contribution in [0.5, 0.6) is 0 Å². The van der Waals surface area contributed by atoms with Crippen molar-refractivity contribution < 1.29 is 9.13 Å². The fourth-order valence-corrected chi connectivity index (χ4v) is 1.94. The van der Waals surface area contributed by atoms with Crippen molar-refractivity contribution in [3.05, 3.63) is 35.1 Å². The molecule has 1 fully saturated rings. The van der Waals surface area contributed by atoms with Crippen LogP contribution in [0.3, 0.4) is 0 Å². The molecule has 13 heavy (non-hydrogen) atoms. The van der Waals surface area contributed by atoms with Crippen LogP contribution in [0, 0.1) is 12.7 Å². The second kappa shape index (κ2) is 3.07. The highest BCUT2D eigenvalue weighted by molar-refractivity contribution is 9.09. The van der Waals surface area contributed by atoms with Crippen molar-refractivity contribution in [2.24, 2.45) is 0 Å². The van der Waals surface area contributed by atoms with Gasteiger partial charge in [0.1, 0.15) is 5.82 Å². The number of alkyl halides is 1. The summed E-state index contributed by atoms with van der Waals surface area (Å²) in [5.41, 5.74) is 1.78. The second-order valence-electron chi connectivity index (χ2n) is 3.42. The van der Waals surface area contributed by atoms with E-state index in [1.807, 2.05) is 6.07 Å². The Bertz CT molecular complexity index is 334. The fourth-order valence-electron chi connectivity index (χ4n) is 1.37. The first-order valence-electron chi connectivity index (χ1n) is 4.15. The zero-order valence-corrected chi connectivity index (χ0v) is 8.90. The maximum absolute atomic E-state index is 13.0. The van der Waals surface area contributed by atoms with Gasteiger partial charge in [0.05, 0.1) is 17.5 Å². The van der Waals surface area contributed by atoms with Crippen molar-refractivity contribution in [1.82, 2.24) is 0 Å². The molecule has 0 unspecified atom stereocenters. The van der Waals surface area contributed by atoms with Crippen LogP contribution in [0.1, 0.15) is 11.1 Å². The minimum Gasteiger partial charge on any atom is -0.378 e. The molecule has 1 aromatic carbocycles. The van der Waals surface area contributed by atoms with Gasteiger partial charge in [0.25, 0.3) is 0 Å². The van der Waals surface area contributed by atoms with E-state index in [1.165, 1.54) is 6.07 Å². The van der Waals surface area contributed by atoms with Crippen LogP contribution in [0.4, 0.5) is 4.39 Å². The Kier molecular flexibility index (Phi) is 2.16. The second-order valence-corrected chi connectivity index (χ2v) is 4.94. The van der Waals surface area contributed by atoms with Crippen molar-refractivity contribution in [3.63, 3.8) is 0 Å². The van der Waals surface area contributed by atoms with E-state index in [1.54, 1.807) is 13.0 Å². The summed E-state index contributed by atoms with van der Waals surface area (Å²) in [6.07, 6.45) is 0. The van der Waals surface area contributed by atoms with E-state index in [0.29, 0.717) is 18.8 Å². The Morgan fingerprint density at radius 3 is 2.62 bits per heavy atom. The standard InChI is InChI=1S/C10H10BrFO/c1-7-4-8(2-3-9(7)12)10(11)5-13-6-10/h2-4H,5-6H2,1H3. The number of rotatable bonds is 1. The van der Waals surface area contributed by atoms with Crippen molar-refractivity contribution in [2.75, 3.05) is 13.2 Å². The minimum atomic E-state index is -0.153. The van der Waals surface area contributed by atoms with Gasteiger partial charge in [-0.15, -0.1) is 0 Å². The topological polar surface area (TPSA) is 9.23 Å². The molecule has 0 N–H and O–H groups in total. The summed E-state index contributed by atoms with van der Waals surface area (Å²) in [6, 6.07) is 5.18. The van der Waals surface area contributed by atoms with E-state index >= 15 is 0 Å². The third kappa shape index (κ3) is 1.51. The largest absolute Gasteiger partial charge is 0.378 e. The van der Waals surface area contributed by atoms with E-state index in [0.717, 1.165) is 5.56 Å². The van der Waals surface area contributed by atoms with Gasteiger partial charge >= 0.3 is 0 Å². The molecular weight excluding hydrogens is 235 g/mol. The molecule has 0 amide bonds. The molecule has 1 nitrogen and oxygen atoms in total. The Labute approximate surface area is 85.0 Å². The lowest BCUT2D eigenvalue weighted by Gasteiger charge is -2.36. The fraction of sp³-hybridized carbons (Fsp3) is 0.400. The molecule has 3 heteroatoms. The van der Waals surface area contributed by atoms with Crippen molar-refractivity contribution in [1.29, 1.82) is 0 Å². The van der Waals surface area contributed by atoms with Gasteiger partial charge in [-0.05, 0) is 24.1 Å². The molecule has 1 saturated heterocycles. The van der Waals surface area contributed by atoms with Gasteiger partial charge in [-0.2, -0.15) is 0 Å². The first-order valence-corrected chi connectivity index (χ1v) is 4.94. The molecule has 70 valence electrons. The van der Waals surface area contributed by atoms with Crippen LogP contribution in [0.25, 0.3) is 0 Å². The van der Waals surface area contributed by atoms with Crippen LogP contribution in [0.15, 0.2) is 18.2 Å². The van der Waals surface area contributed by atoms with E-state index < -0.39 is 0 Å². The zero-order chi connectivity index (χ0) is 9.47. The first-order chi connectivity index (χ1) is 6.12. The molecule has 0 aromatic heterocycles. The van der Waals surface area contributed by atoms with E-state index in [9.17, 15) is 4.39 Å². The van der Waals surface area contributed by atoms with Gasteiger partial charge in [-0.1, -0.05) is 28.1 Å². The maximum Gasteiger partial charge on any atom is 0.126 e. The predicted molar refractivity (Wildman–Crippen MR) is 52.6 cm³/mol. The molecule has 2 rings (SSSR count). The van der Waals surface area contributed by atoms with Gasteiger partial charge in [-0.3, -0.25) is 0 Å². The third-order valence-corrected chi connectivity index (χ3v) is 3.25. The summed E-state index contributed by atoms with van der Waals surface area (Å²) < 4.78 is 18.0. The summed E-state index contributed by atoms with van der Waals surface area (Å²) >= 11 is 3.59. The maximum atomic E-state index is 13.0. The van der Waals surface area contributed by atoms with Gasteiger partial charge in [0, 0.05) is 0 Å². The molecule has 1 aliphatic rings. The molecule has 0 atom stereocenters. The summed E-state index contributed by atoms with van der Waals surface area (Å²) in [4.78, 5) is 0. The summed E-state index contributed by atoms with van der Waals surface area (Å²) in [6.45, 7) is 3.10. The molecule has 1 aliphatic heterocycles. The Morgan fingerprint density at radius 2 is 2.15 bits per heavy atom. The lowest BCUT2D eigenvalue weighted by Crippen LogP contribution is -2.41. The lowest BCUT2D eigenvalue weighted by atomic mass is 9.96. The molecule has 0 bridgehead atoms. The van der Waals surface area contributed by atoms with Crippen molar-refractivity contribution >= 4 is 15.9 Å². The highest BCUT2D eigenvalue weighted by Gasteiger charge is 2.37. The number of hydrogen-bond donors (Lipinski definition) is 0. The first kappa shape index (κ1) is 9.16. The predicted octanol–water partition coefficient (Wildman–Crippen LogP) is 2.75. The van der Waals surface area contributed by atoms with Gasteiger partial charge in [-0.25, -0.2) is 4.39 Å². The van der Waals surface area contributed by atoms with Gasteiger partial charge in [0.15, 0.2) is 0 Å². The van der Waals surface area contributed by atoms with Crippen LogP contribution in [-0.4, -0.2) is 13.2 Å². The summed E-state index contributed by atoms with van der Waals surface area (Å²) in [5, 5.41) is 0. The van der Waals surface area contributed by atoms with Crippen LogP contribution in [0.2, 0.25) is 0 Å². The number of halogens is 2.